The molecule has 0 bridgehead atoms. The monoisotopic (exact) mass is 313 g/mol. The molecular weight excluding hydrogens is 298 g/mol. The predicted octanol–water partition coefficient (Wildman–Crippen LogP) is 2.06. The summed E-state index contributed by atoms with van der Waals surface area (Å²) in [6.45, 7) is 3.42. The second-order valence-corrected chi connectivity index (χ2v) is 4.75. The van der Waals surface area contributed by atoms with Gasteiger partial charge in [-0.05, 0) is 24.6 Å². The maximum atomic E-state index is 11.7. The maximum absolute atomic E-state index is 11.7. The zero-order chi connectivity index (χ0) is 13.5. The van der Waals surface area contributed by atoms with Crippen molar-refractivity contribution < 1.29 is 14.3 Å². The van der Waals surface area contributed by atoms with E-state index in [4.69, 9.17) is 4.74 Å². The van der Waals surface area contributed by atoms with E-state index < -0.39 is 12.0 Å². The second kappa shape index (κ2) is 7.16. The summed E-state index contributed by atoms with van der Waals surface area (Å²) in [5, 5.41) is 2.60. The number of nitrogens with one attached hydrogen (secondary N) is 1. The lowest BCUT2D eigenvalue weighted by Crippen LogP contribution is -2.42. The van der Waals surface area contributed by atoms with E-state index in [0.717, 1.165) is 10.0 Å². The third-order valence-electron chi connectivity index (χ3n) is 2.28. The Bertz CT molecular complexity index is 434. The summed E-state index contributed by atoms with van der Waals surface area (Å²) < 4.78 is 5.88. The zero-order valence-electron chi connectivity index (χ0n) is 10.4. The van der Waals surface area contributed by atoms with Crippen LogP contribution in [0.15, 0.2) is 28.7 Å². The Labute approximate surface area is 115 Å². The van der Waals surface area contributed by atoms with Crippen LogP contribution in [0.1, 0.15) is 19.4 Å². The first-order valence-electron chi connectivity index (χ1n) is 5.71. The van der Waals surface area contributed by atoms with Gasteiger partial charge >= 0.3 is 5.97 Å². The van der Waals surface area contributed by atoms with Gasteiger partial charge in [0.05, 0.1) is 6.61 Å². The Hall–Kier alpha value is -1.36. The van der Waals surface area contributed by atoms with Crippen molar-refractivity contribution in [2.75, 3.05) is 6.61 Å². The topological polar surface area (TPSA) is 55.4 Å². The molecule has 1 N–H and O–H groups in total. The Morgan fingerprint density at radius 1 is 1.44 bits per heavy atom. The van der Waals surface area contributed by atoms with E-state index in [0.29, 0.717) is 13.0 Å². The van der Waals surface area contributed by atoms with Crippen LogP contribution in [0.4, 0.5) is 0 Å². The predicted molar refractivity (Wildman–Crippen MR) is 72.1 cm³/mol. The summed E-state index contributed by atoms with van der Waals surface area (Å²) in [5.74, 6) is -0.657. The SMILES string of the molecule is CCOC(=O)C(Cc1cccc(Br)c1)NC(C)=O. The highest BCUT2D eigenvalue weighted by Gasteiger charge is 2.21. The second-order valence-electron chi connectivity index (χ2n) is 3.84. The van der Waals surface area contributed by atoms with Crippen LogP contribution in [-0.4, -0.2) is 24.5 Å². The fourth-order valence-corrected chi connectivity index (χ4v) is 2.03. The van der Waals surface area contributed by atoms with Crippen molar-refractivity contribution in [1.29, 1.82) is 0 Å². The summed E-state index contributed by atoms with van der Waals surface area (Å²) in [6, 6.07) is 6.96. The van der Waals surface area contributed by atoms with Gasteiger partial charge in [0, 0.05) is 17.8 Å². The summed E-state index contributed by atoms with van der Waals surface area (Å²) in [6.07, 6.45) is 0.415. The van der Waals surface area contributed by atoms with Gasteiger partial charge in [-0.15, -0.1) is 0 Å². The number of amides is 1. The fourth-order valence-electron chi connectivity index (χ4n) is 1.58. The molecule has 0 aliphatic rings. The molecule has 0 aliphatic carbocycles. The molecule has 0 radical (unpaired) electrons. The normalized spacial score (nSPS) is 11.7. The third kappa shape index (κ3) is 4.87. The molecule has 1 atom stereocenters. The number of hydrogen-bond acceptors (Lipinski definition) is 3. The first-order valence-corrected chi connectivity index (χ1v) is 6.50. The summed E-state index contributed by atoms with van der Waals surface area (Å²) in [5.41, 5.74) is 0.955. The number of carbonyl (C=O) groups is 2. The molecule has 5 heteroatoms. The number of benzene rings is 1. The van der Waals surface area contributed by atoms with Gasteiger partial charge in [0.1, 0.15) is 6.04 Å². The Balaban J connectivity index is 2.77. The summed E-state index contributed by atoms with van der Waals surface area (Å²) in [7, 11) is 0. The average Bonchev–Trinajstić information content (AvgIpc) is 2.28. The quantitative estimate of drug-likeness (QED) is 0.847. The van der Waals surface area contributed by atoms with Crippen molar-refractivity contribution >= 4 is 27.8 Å². The average molecular weight is 314 g/mol. The highest BCUT2D eigenvalue weighted by molar-refractivity contribution is 9.10. The van der Waals surface area contributed by atoms with Crippen molar-refractivity contribution in [1.82, 2.24) is 5.32 Å². The number of esters is 1. The van der Waals surface area contributed by atoms with Crippen molar-refractivity contribution in [3.8, 4) is 0 Å². The molecule has 0 spiro atoms. The van der Waals surface area contributed by atoms with Gasteiger partial charge in [0.25, 0.3) is 0 Å². The van der Waals surface area contributed by atoms with Gasteiger partial charge in [-0.2, -0.15) is 0 Å². The van der Waals surface area contributed by atoms with Gasteiger partial charge in [0.2, 0.25) is 5.91 Å². The smallest absolute Gasteiger partial charge is 0.328 e. The molecule has 0 aliphatic heterocycles. The zero-order valence-corrected chi connectivity index (χ0v) is 12.0. The number of hydrogen-bond donors (Lipinski definition) is 1. The van der Waals surface area contributed by atoms with E-state index in [9.17, 15) is 9.59 Å². The fraction of sp³-hybridized carbons (Fsp3) is 0.385. The van der Waals surface area contributed by atoms with Crippen LogP contribution in [0.25, 0.3) is 0 Å². The highest BCUT2D eigenvalue weighted by Crippen LogP contribution is 2.13. The molecule has 0 saturated heterocycles. The number of carbonyl (C=O) groups excluding carboxylic acids is 2. The molecular formula is C13H16BrNO3. The third-order valence-corrected chi connectivity index (χ3v) is 2.77. The maximum Gasteiger partial charge on any atom is 0.328 e. The van der Waals surface area contributed by atoms with Gasteiger partial charge in [-0.25, -0.2) is 4.79 Å². The lowest BCUT2D eigenvalue weighted by atomic mass is 10.1. The Morgan fingerprint density at radius 2 is 2.17 bits per heavy atom. The van der Waals surface area contributed by atoms with Crippen LogP contribution >= 0.6 is 15.9 Å². The molecule has 0 fully saturated rings. The Morgan fingerprint density at radius 3 is 2.72 bits per heavy atom. The van der Waals surface area contributed by atoms with Crippen molar-refractivity contribution in [3.05, 3.63) is 34.3 Å². The van der Waals surface area contributed by atoms with Gasteiger partial charge in [-0.3, -0.25) is 4.79 Å². The van der Waals surface area contributed by atoms with Crippen LogP contribution in [0.2, 0.25) is 0 Å². The molecule has 1 unspecified atom stereocenters. The molecule has 0 heterocycles. The summed E-state index contributed by atoms with van der Waals surface area (Å²) >= 11 is 3.37. The van der Waals surface area contributed by atoms with Gasteiger partial charge in [0.15, 0.2) is 0 Å². The minimum absolute atomic E-state index is 0.247. The van der Waals surface area contributed by atoms with E-state index in [-0.39, 0.29) is 5.91 Å². The standard InChI is InChI=1S/C13H16BrNO3/c1-3-18-13(17)12(15-9(2)16)8-10-5-4-6-11(14)7-10/h4-7,12H,3,8H2,1-2H3,(H,15,16). The molecule has 1 rings (SSSR count). The molecule has 1 aromatic rings. The molecule has 98 valence electrons. The van der Waals surface area contributed by atoms with Gasteiger partial charge in [-0.1, -0.05) is 28.1 Å². The number of rotatable bonds is 5. The van der Waals surface area contributed by atoms with Crippen LogP contribution in [0.5, 0.6) is 0 Å². The number of ether oxygens (including phenoxy) is 1. The van der Waals surface area contributed by atoms with E-state index in [1.165, 1.54) is 6.92 Å². The Kier molecular flexibility index (Phi) is 5.85. The van der Waals surface area contributed by atoms with E-state index >= 15 is 0 Å². The van der Waals surface area contributed by atoms with Crippen molar-refractivity contribution in [2.24, 2.45) is 0 Å². The first kappa shape index (κ1) is 14.7. The summed E-state index contributed by atoms with van der Waals surface area (Å²) in [4.78, 5) is 22.8. The molecule has 18 heavy (non-hydrogen) atoms. The largest absolute Gasteiger partial charge is 0.464 e. The minimum atomic E-state index is -0.642. The highest BCUT2D eigenvalue weighted by atomic mass is 79.9. The van der Waals surface area contributed by atoms with Crippen LogP contribution < -0.4 is 5.32 Å². The van der Waals surface area contributed by atoms with Crippen molar-refractivity contribution in [3.63, 3.8) is 0 Å². The molecule has 0 aromatic heterocycles. The lowest BCUT2D eigenvalue weighted by Gasteiger charge is -2.16. The molecule has 1 amide bonds. The van der Waals surface area contributed by atoms with E-state index in [1.54, 1.807) is 6.92 Å². The lowest BCUT2D eigenvalue weighted by molar-refractivity contribution is -0.147. The van der Waals surface area contributed by atoms with Gasteiger partial charge < -0.3 is 10.1 Å². The first-order chi connectivity index (χ1) is 8.52. The van der Waals surface area contributed by atoms with E-state index in [2.05, 4.69) is 21.2 Å². The number of halogens is 1. The van der Waals surface area contributed by atoms with E-state index in [1.807, 2.05) is 24.3 Å². The van der Waals surface area contributed by atoms with Crippen LogP contribution in [0, 0.1) is 0 Å². The molecule has 4 nitrogen and oxygen atoms in total. The van der Waals surface area contributed by atoms with Crippen molar-refractivity contribution in [2.45, 2.75) is 26.3 Å². The molecule has 1 aromatic carbocycles. The molecule has 0 saturated carbocycles. The van der Waals surface area contributed by atoms with Crippen LogP contribution in [-0.2, 0) is 20.7 Å². The minimum Gasteiger partial charge on any atom is -0.464 e. The van der Waals surface area contributed by atoms with Crippen LogP contribution in [0.3, 0.4) is 0 Å².